The fraction of sp³-hybridized carbons (Fsp3) is 0.0714. The van der Waals surface area contributed by atoms with Gasteiger partial charge in [0.05, 0.1) is 28.0 Å². The van der Waals surface area contributed by atoms with Gasteiger partial charge < -0.3 is 5.73 Å². The van der Waals surface area contributed by atoms with Gasteiger partial charge in [-0.25, -0.2) is 0 Å². The van der Waals surface area contributed by atoms with Crippen LogP contribution in [0, 0.1) is 0 Å². The molecular formula is C14H9F3N2S. The maximum Gasteiger partial charge on any atom is 0.417 e. The van der Waals surface area contributed by atoms with Crippen LogP contribution in [0.5, 0.6) is 0 Å². The average molecular weight is 294 g/mol. The molecule has 0 aliphatic carbocycles. The lowest BCUT2D eigenvalue weighted by atomic mass is 10.1. The van der Waals surface area contributed by atoms with Gasteiger partial charge in [-0.2, -0.15) is 13.2 Å². The summed E-state index contributed by atoms with van der Waals surface area (Å²) in [7, 11) is 0. The van der Waals surface area contributed by atoms with E-state index in [0.29, 0.717) is 21.0 Å². The van der Waals surface area contributed by atoms with Gasteiger partial charge in [-0.05, 0) is 30.3 Å². The molecule has 0 saturated heterocycles. The van der Waals surface area contributed by atoms with Crippen molar-refractivity contribution < 1.29 is 13.2 Å². The molecule has 6 heteroatoms. The number of aromatic nitrogens is 1. The van der Waals surface area contributed by atoms with E-state index in [2.05, 4.69) is 4.98 Å². The Hall–Kier alpha value is -2.08. The van der Waals surface area contributed by atoms with Gasteiger partial charge in [-0.3, -0.25) is 4.98 Å². The Labute approximate surface area is 116 Å². The van der Waals surface area contributed by atoms with Crippen molar-refractivity contribution in [1.29, 1.82) is 0 Å². The van der Waals surface area contributed by atoms with Crippen LogP contribution < -0.4 is 5.73 Å². The predicted octanol–water partition coefficient (Wildman–Crippen LogP) is 4.56. The molecule has 0 saturated carbocycles. The molecule has 102 valence electrons. The predicted molar refractivity (Wildman–Crippen MR) is 74.5 cm³/mol. The molecule has 2 nitrogen and oxygen atoms in total. The number of halogens is 3. The second kappa shape index (κ2) is 4.49. The van der Waals surface area contributed by atoms with E-state index in [1.807, 2.05) is 0 Å². The monoisotopic (exact) mass is 294 g/mol. The SMILES string of the molecule is Nc1ccc(-c2cc3c(C(F)(F)F)cccc3s2)nc1. The van der Waals surface area contributed by atoms with E-state index >= 15 is 0 Å². The van der Waals surface area contributed by atoms with Crippen LogP contribution in [0.15, 0.2) is 42.6 Å². The van der Waals surface area contributed by atoms with Crippen molar-refractivity contribution in [3.8, 4) is 10.6 Å². The zero-order valence-electron chi connectivity index (χ0n) is 10.1. The molecule has 0 aliphatic heterocycles. The number of pyridine rings is 1. The van der Waals surface area contributed by atoms with Crippen LogP contribution in [-0.4, -0.2) is 4.98 Å². The molecule has 20 heavy (non-hydrogen) atoms. The Bertz CT molecular complexity index is 760. The summed E-state index contributed by atoms with van der Waals surface area (Å²) in [5.74, 6) is 0. The number of fused-ring (bicyclic) bond motifs is 1. The Balaban J connectivity index is 2.18. The van der Waals surface area contributed by atoms with Gasteiger partial charge in [0.2, 0.25) is 0 Å². The summed E-state index contributed by atoms with van der Waals surface area (Å²) in [6.07, 6.45) is -2.86. The number of hydrogen-bond acceptors (Lipinski definition) is 3. The standard InChI is InChI=1S/C14H9F3N2S/c15-14(16,17)10-2-1-3-12-9(10)6-13(20-12)11-5-4-8(18)7-19-11/h1-7H,18H2. The zero-order chi connectivity index (χ0) is 14.3. The number of nitrogen functional groups attached to an aromatic ring is 1. The molecule has 2 N–H and O–H groups in total. The van der Waals surface area contributed by atoms with E-state index in [1.165, 1.54) is 29.7 Å². The van der Waals surface area contributed by atoms with E-state index in [-0.39, 0.29) is 5.39 Å². The van der Waals surface area contributed by atoms with Gasteiger partial charge in [0.1, 0.15) is 0 Å². The van der Waals surface area contributed by atoms with Crippen LogP contribution in [0.2, 0.25) is 0 Å². The molecule has 0 aliphatic rings. The molecule has 0 unspecified atom stereocenters. The van der Waals surface area contributed by atoms with Crippen LogP contribution in [0.25, 0.3) is 20.7 Å². The third-order valence-corrected chi connectivity index (χ3v) is 4.03. The van der Waals surface area contributed by atoms with E-state index in [0.717, 1.165) is 6.07 Å². The summed E-state index contributed by atoms with van der Waals surface area (Å²) in [6, 6.07) is 9.10. The van der Waals surface area contributed by atoms with Crippen molar-refractivity contribution in [2.24, 2.45) is 0 Å². The Morgan fingerprint density at radius 2 is 1.90 bits per heavy atom. The van der Waals surface area contributed by atoms with Crippen molar-refractivity contribution >= 4 is 27.1 Å². The van der Waals surface area contributed by atoms with Gasteiger partial charge in [-0.1, -0.05) is 6.07 Å². The van der Waals surface area contributed by atoms with E-state index in [4.69, 9.17) is 5.73 Å². The molecule has 3 rings (SSSR count). The van der Waals surface area contributed by atoms with Crippen molar-refractivity contribution in [3.05, 3.63) is 48.2 Å². The second-order valence-corrected chi connectivity index (χ2v) is 5.39. The highest BCUT2D eigenvalue weighted by molar-refractivity contribution is 7.22. The van der Waals surface area contributed by atoms with Crippen LogP contribution in [0.1, 0.15) is 5.56 Å². The van der Waals surface area contributed by atoms with Crippen molar-refractivity contribution in [2.45, 2.75) is 6.18 Å². The fourth-order valence-electron chi connectivity index (χ4n) is 1.99. The van der Waals surface area contributed by atoms with Crippen molar-refractivity contribution in [1.82, 2.24) is 4.98 Å². The Morgan fingerprint density at radius 3 is 2.55 bits per heavy atom. The first kappa shape index (κ1) is 12.9. The molecule has 0 spiro atoms. The van der Waals surface area contributed by atoms with Crippen LogP contribution in [0.4, 0.5) is 18.9 Å². The highest BCUT2D eigenvalue weighted by Gasteiger charge is 2.32. The number of benzene rings is 1. The smallest absolute Gasteiger partial charge is 0.397 e. The highest BCUT2D eigenvalue weighted by atomic mass is 32.1. The quantitative estimate of drug-likeness (QED) is 0.714. The summed E-state index contributed by atoms with van der Waals surface area (Å²) in [4.78, 5) is 4.83. The van der Waals surface area contributed by atoms with Crippen molar-refractivity contribution in [2.75, 3.05) is 5.73 Å². The molecule has 0 atom stereocenters. The average Bonchev–Trinajstić information content (AvgIpc) is 2.81. The minimum Gasteiger partial charge on any atom is -0.397 e. The molecule has 0 fully saturated rings. The first-order valence-electron chi connectivity index (χ1n) is 5.77. The van der Waals surface area contributed by atoms with Gasteiger partial charge >= 0.3 is 6.18 Å². The third-order valence-electron chi connectivity index (χ3n) is 2.91. The van der Waals surface area contributed by atoms with Gasteiger partial charge in [0, 0.05) is 10.1 Å². The summed E-state index contributed by atoms with van der Waals surface area (Å²) in [6.45, 7) is 0. The van der Waals surface area contributed by atoms with E-state index in [9.17, 15) is 13.2 Å². The zero-order valence-corrected chi connectivity index (χ0v) is 10.9. The topological polar surface area (TPSA) is 38.9 Å². The van der Waals surface area contributed by atoms with Crippen LogP contribution in [0.3, 0.4) is 0 Å². The third kappa shape index (κ3) is 2.22. The molecule has 0 radical (unpaired) electrons. The summed E-state index contributed by atoms with van der Waals surface area (Å²) in [5, 5.41) is 0.207. The minimum absolute atomic E-state index is 0.207. The number of hydrogen-bond donors (Lipinski definition) is 1. The largest absolute Gasteiger partial charge is 0.417 e. The minimum atomic E-state index is -4.35. The summed E-state index contributed by atoms with van der Waals surface area (Å²) >= 11 is 1.28. The Morgan fingerprint density at radius 1 is 1.10 bits per heavy atom. The van der Waals surface area contributed by atoms with Crippen LogP contribution >= 0.6 is 11.3 Å². The van der Waals surface area contributed by atoms with Gasteiger partial charge in [-0.15, -0.1) is 11.3 Å². The maximum absolute atomic E-state index is 13.0. The molecule has 2 heterocycles. The lowest BCUT2D eigenvalue weighted by Crippen LogP contribution is -2.04. The number of alkyl halides is 3. The Kier molecular flexibility index (Phi) is 2.90. The fourth-order valence-corrected chi connectivity index (χ4v) is 3.05. The summed E-state index contributed by atoms with van der Waals surface area (Å²) < 4.78 is 39.5. The first-order valence-corrected chi connectivity index (χ1v) is 6.58. The number of nitrogens with two attached hydrogens (primary N) is 1. The van der Waals surface area contributed by atoms with Gasteiger partial charge in [0.25, 0.3) is 0 Å². The second-order valence-electron chi connectivity index (χ2n) is 4.30. The number of nitrogens with zero attached hydrogens (tertiary/aromatic N) is 1. The molecule has 0 bridgehead atoms. The molecular weight excluding hydrogens is 285 g/mol. The number of rotatable bonds is 1. The normalized spacial score (nSPS) is 11.9. The molecule has 3 aromatic rings. The number of thiophene rings is 1. The van der Waals surface area contributed by atoms with E-state index in [1.54, 1.807) is 18.2 Å². The first-order chi connectivity index (χ1) is 9.45. The lowest BCUT2D eigenvalue weighted by molar-refractivity contribution is -0.136. The van der Waals surface area contributed by atoms with E-state index < -0.39 is 11.7 Å². The summed E-state index contributed by atoms with van der Waals surface area (Å²) in [5.41, 5.74) is 6.07. The maximum atomic E-state index is 13.0. The van der Waals surface area contributed by atoms with Crippen LogP contribution in [-0.2, 0) is 6.18 Å². The molecule has 0 amide bonds. The highest BCUT2D eigenvalue weighted by Crippen LogP contribution is 2.40. The molecule has 2 aromatic heterocycles. The number of anilines is 1. The van der Waals surface area contributed by atoms with Gasteiger partial charge in [0.15, 0.2) is 0 Å². The lowest BCUT2D eigenvalue weighted by Gasteiger charge is -2.06. The van der Waals surface area contributed by atoms with Crippen molar-refractivity contribution in [3.63, 3.8) is 0 Å². The molecule has 1 aromatic carbocycles.